The van der Waals surface area contributed by atoms with Crippen molar-refractivity contribution in [2.75, 3.05) is 5.32 Å². The van der Waals surface area contributed by atoms with Gasteiger partial charge in [0.25, 0.3) is 0 Å². The van der Waals surface area contributed by atoms with Crippen LogP contribution < -0.4 is 5.32 Å². The fraction of sp³-hybridized carbons (Fsp3) is 0.385. The second-order valence-corrected chi connectivity index (χ2v) is 7.45. The van der Waals surface area contributed by atoms with Crippen LogP contribution in [0.5, 0.6) is 0 Å². The average Bonchev–Trinajstić information content (AvgIpc) is 3.21. The van der Waals surface area contributed by atoms with Crippen molar-refractivity contribution >= 4 is 45.9 Å². The topological polar surface area (TPSA) is 72.7 Å². The number of hydrogen-bond acceptors (Lipinski definition) is 5. The highest BCUT2D eigenvalue weighted by Crippen LogP contribution is 2.37. The number of anilines is 1. The Morgan fingerprint density at radius 3 is 2.81 bits per heavy atom. The van der Waals surface area contributed by atoms with Gasteiger partial charge in [0.2, 0.25) is 11.1 Å². The Bertz CT molecular complexity index is 640. The van der Waals surface area contributed by atoms with Gasteiger partial charge in [-0.05, 0) is 77.0 Å². The van der Waals surface area contributed by atoms with Crippen LogP contribution in [0.15, 0.2) is 29.4 Å². The second-order valence-electron chi connectivity index (χ2n) is 4.89. The van der Waals surface area contributed by atoms with E-state index in [-0.39, 0.29) is 11.2 Å². The molecule has 8 heteroatoms. The predicted molar refractivity (Wildman–Crippen MR) is 89.2 cm³/mol. The van der Waals surface area contributed by atoms with Crippen LogP contribution in [0.1, 0.15) is 25.8 Å². The minimum atomic E-state index is -0.257. The number of nitrogens with zero attached hydrogens (tertiary/aromatic N) is 4. The summed E-state index contributed by atoms with van der Waals surface area (Å²) in [5.74, 6) is -0.0495. The smallest absolute Gasteiger partial charge is 0.237 e. The van der Waals surface area contributed by atoms with Crippen molar-refractivity contribution in [1.82, 2.24) is 20.2 Å². The van der Waals surface area contributed by atoms with Crippen molar-refractivity contribution in [2.45, 2.75) is 36.2 Å². The maximum atomic E-state index is 12.2. The number of hydrogen-bond donors (Lipinski definition) is 1. The molecule has 1 atom stereocenters. The van der Waals surface area contributed by atoms with Gasteiger partial charge in [-0.1, -0.05) is 11.8 Å². The van der Waals surface area contributed by atoms with E-state index < -0.39 is 0 Å². The minimum Gasteiger partial charge on any atom is -0.325 e. The lowest BCUT2D eigenvalue weighted by atomic mass is 10.3. The van der Waals surface area contributed by atoms with Crippen molar-refractivity contribution in [3.8, 4) is 0 Å². The standard InChI is InChI=1S/C13H14IN5OS/c1-8(12(20)15-10-4-2-9(14)3-5-10)21-13-16-17-18-19(13)11-6-7-11/h2-5,8,11H,6-7H2,1H3,(H,15,20). The molecule has 1 aromatic heterocycles. The molecule has 3 rings (SSSR count). The Kier molecular flexibility index (Phi) is 4.43. The van der Waals surface area contributed by atoms with Gasteiger partial charge in [-0.2, -0.15) is 0 Å². The molecule has 110 valence electrons. The van der Waals surface area contributed by atoms with E-state index in [0.717, 1.165) is 22.1 Å². The lowest BCUT2D eigenvalue weighted by Crippen LogP contribution is -2.23. The fourth-order valence-electron chi connectivity index (χ4n) is 1.80. The number of carbonyl (C=O) groups is 1. The number of thioether (sulfide) groups is 1. The van der Waals surface area contributed by atoms with E-state index >= 15 is 0 Å². The SMILES string of the molecule is CC(Sc1nnnn1C1CC1)C(=O)Nc1ccc(I)cc1. The monoisotopic (exact) mass is 415 g/mol. The molecule has 0 saturated heterocycles. The summed E-state index contributed by atoms with van der Waals surface area (Å²) in [6.45, 7) is 1.86. The number of halogens is 1. The van der Waals surface area contributed by atoms with Gasteiger partial charge in [-0.3, -0.25) is 4.79 Å². The van der Waals surface area contributed by atoms with Crippen LogP contribution in [-0.4, -0.2) is 31.4 Å². The third kappa shape index (κ3) is 3.73. The Hall–Kier alpha value is -1.16. The van der Waals surface area contributed by atoms with Gasteiger partial charge in [0.1, 0.15) is 0 Å². The van der Waals surface area contributed by atoms with Crippen molar-refractivity contribution in [3.05, 3.63) is 27.8 Å². The second kappa shape index (κ2) is 6.30. The van der Waals surface area contributed by atoms with E-state index in [2.05, 4.69) is 43.4 Å². The van der Waals surface area contributed by atoms with E-state index in [1.165, 1.54) is 11.8 Å². The van der Waals surface area contributed by atoms with Gasteiger partial charge in [0.05, 0.1) is 11.3 Å². The van der Waals surface area contributed by atoms with Crippen LogP contribution in [0.2, 0.25) is 0 Å². The van der Waals surface area contributed by atoms with Gasteiger partial charge in [-0.25, -0.2) is 4.68 Å². The Morgan fingerprint density at radius 1 is 1.43 bits per heavy atom. The van der Waals surface area contributed by atoms with Crippen LogP contribution in [0, 0.1) is 3.57 Å². The van der Waals surface area contributed by atoms with E-state index in [4.69, 9.17) is 0 Å². The molecule has 1 aliphatic carbocycles. The lowest BCUT2D eigenvalue weighted by molar-refractivity contribution is -0.115. The normalized spacial score (nSPS) is 15.7. The van der Waals surface area contributed by atoms with Crippen LogP contribution >= 0.6 is 34.4 Å². The number of amides is 1. The fourth-order valence-corrected chi connectivity index (χ4v) is 3.02. The summed E-state index contributed by atoms with van der Waals surface area (Å²) >= 11 is 3.62. The van der Waals surface area contributed by atoms with E-state index in [1.54, 1.807) is 0 Å². The molecule has 1 heterocycles. The Labute approximate surface area is 140 Å². The molecule has 1 N–H and O–H groups in total. The maximum Gasteiger partial charge on any atom is 0.237 e. The summed E-state index contributed by atoms with van der Waals surface area (Å²) in [5, 5.41) is 15.0. The van der Waals surface area contributed by atoms with Gasteiger partial charge in [0.15, 0.2) is 0 Å². The molecule has 1 fully saturated rings. The molecule has 0 bridgehead atoms. The molecule has 1 aromatic carbocycles. The number of aromatic nitrogens is 4. The molecule has 1 aliphatic rings. The maximum absolute atomic E-state index is 12.2. The summed E-state index contributed by atoms with van der Waals surface area (Å²) < 4.78 is 2.95. The zero-order valence-electron chi connectivity index (χ0n) is 11.4. The molecule has 1 amide bonds. The first-order chi connectivity index (χ1) is 10.1. The van der Waals surface area contributed by atoms with E-state index in [0.29, 0.717) is 11.2 Å². The van der Waals surface area contributed by atoms with Crippen LogP contribution in [0.4, 0.5) is 5.69 Å². The quantitative estimate of drug-likeness (QED) is 0.601. The molecule has 6 nitrogen and oxygen atoms in total. The summed E-state index contributed by atoms with van der Waals surface area (Å²) in [5.41, 5.74) is 0.801. The summed E-state index contributed by atoms with van der Waals surface area (Å²) in [6, 6.07) is 8.12. The first kappa shape index (κ1) is 14.8. The highest BCUT2D eigenvalue weighted by atomic mass is 127. The number of tetrazole rings is 1. The highest BCUT2D eigenvalue weighted by molar-refractivity contribution is 14.1. The molecule has 1 unspecified atom stereocenters. The highest BCUT2D eigenvalue weighted by Gasteiger charge is 2.29. The van der Waals surface area contributed by atoms with Crippen LogP contribution in [-0.2, 0) is 4.79 Å². The largest absolute Gasteiger partial charge is 0.325 e. The molecular weight excluding hydrogens is 401 g/mol. The number of rotatable bonds is 5. The van der Waals surface area contributed by atoms with Crippen molar-refractivity contribution in [2.24, 2.45) is 0 Å². The lowest BCUT2D eigenvalue weighted by Gasteiger charge is -2.11. The van der Waals surface area contributed by atoms with Crippen molar-refractivity contribution < 1.29 is 4.79 Å². The number of nitrogens with one attached hydrogen (secondary N) is 1. The van der Waals surface area contributed by atoms with E-state index in [1.807, 2.05) is 35.9 Å². The van der Waals surface area contributed by atoms with E-state index in [9.17, 15) is 4.79 Å². The third-order valence-electron chi connectivity index (χ3n) is 3.12. The zero-order valence-corrected chi connectivity index (χ0v) is 14.3. The minimum absolute atomic E-state index is 0.0495. The van der Waals surface area contributed by atoms with Crippen molar-refractivity contribution in [1.29, 1.82) is 0 Å². The molecule has 0 radical (unpaired) electrons. The molecule has 0 aliphatic heterocycles. The summed E-state index contributed by atoms with van der Waals surface area (Å²) in [4.78, 5) is 12.2. The first-order valence-electron chi connectivity index (χ1n) is 6.64. The predicted octanol–water partition coefficient (Wildman–Crippen LogP) is 2.73. The Morgan fingerprint density at radius 2 is 2.14 bits per heavy atom. The van der Waals surface area contributed by atoms with Crippen molar-refractivity contribution in [3.63, 3.8) is 0 Å². The Balaban J connectivity index is 1.61. The van der Waals surface area contributed by atoms with Crippen LogP contribution in [0.25, 0.3) is 0 Å². The molecule has 0 spiro atoms. The molecule has 21 heavy (non-hydrogen) atoms. The third-order valence-corrected chi connectivity index (χ3v) is 4.88. The molecule has 1 saturated carbocycles. The number of benzene rings is 1. The summed E-state index contributed by atoms with van der Waals surface area (Å²) in [6.07, 6.45) is 2.23. The van der Waals surface area contributed by atoms with Gasteiger partial charge >= 0.3 is 0 Å². The zero-order chi connectivity index (χ0) is 14.8. The average molecular weight is 415 g/mol. The molecule has 2 aromatic rings. The van der Waals surface area contributed by atoms with Gasteiger partial charge < -0.3 is 5.32 Å². The summed E-state index contributed by atoms with van der Waals surface area (Å²) in [7, 11) is 0. The first-order valence-corrected chi connectivity index (χ1v) is 8.60. The number of carbonyl (C=O) groups excluding carboxylic acids is 1. The van der Waals surface area contributed by atoms with Gasteiger partial charge in [-0.15, -0.1) is 5.10 Å². The molecular formula is C13H14IN5OS. The van der Waals surface area contributed by atoms with Crippen LogP contribution in [0.3, 0.4) is 0 Å². The van der Waals surface area contributed by atoms with Gasteiger partial charge in [0, 0.05) is 9.26 Å².